The van der Waals surface area contributed by atoms with Crippen LogP contribution in [0.3, 0.4) is 0 Å². The molecule has 0 unspecified atom stereocenters. The fourth-order valence-electron chi connectivity index (χ4n) is 4.14. The van der Waals surface area contributed by atoms with E-state index in [1.807, 2.05) is 4.90 Å². The largest absolute Gasteiger partial charge is 0.356 e. The number of carbonyl (C=O) groups is 2. The average molecular weight is 391 g/mol. The van der Waals surface area contributed by atoms with Gasteiger partial charge in [0.1, 0.15) is 0 Å². The van der Waals surface area contributed by atoms with Gasteiger partial charge in [-0.05, 0) is 38.5 Å². The van der Waals surface area contributed by atoms with Crippen LogP contribution in [-0.4, -0.2) is 54.4 Å². The van der Waals surface area contributed by atoms with E-state index in [2.05, 4.69) is 17.1 Å². The van der Waals surface area contributed by atoms with E-state index in [4.69, 9.17) is 4.98 Å². The minimum Gasteiger partial charge on any atom is -0.356 e. The second kappa shape index (κ2) is 8.17. The van der Waals surface area contributed by atoms with Crippen LogP contribution in [0.15, 0.2) is 0 Å². The van der Waals surface area contributed by atoms with E-state index in [0.717, 1.165) is 76.4 Å². The number of fused-ring (bicyclic) bond motifs is 1. The second-order valence-electron chi connectivity index (χ2n) is 8.04. The highest BCUT2D eigenvalue weighted by Gasteiger charge is 2.33. The molecule has 0 radical (unpaired) electrons. The Balaban J connectivity index is 1.33. The third-order valence-corrected chi connectivity index (χ3v) is 7.35. The Kier molecular flexibility index (Phi) is 5.66. The molecule has 4 rings (SSSR count). The highest BCUT2D eigenvalue weighted by molar-refractivity contribution is 7.15. The number of anilines is 1. The fraction of sp³-hybridized carbons (Fsp3) is 0.750. The first-order chi connectivity index (χ1) is 13.2. The molecule has 2 amide bonds. The predicted molar refractivity (Wildman–Crippen MR) is 107 cm³/mol. The van der Waals surface area contributed by atoms with Gasteiger partial charge in [-0.15, -0.1) is 11.3 Å². The van der Waals surface area contributed by atoms with Gasteiger partial charge in [0.05, 0.1) is 5.69 Å². The molecular formula is C20H30N4O2S. The summed E-state index contributed by atoms with van der Waals surface area (Å²) in [6.45, 7) is 6.19. The number of nitrogens with zero attached hydrogens (tertiary/aromatic N) is 3. The molecule has 1 aromatic heterocycles. The Labute approximate surface area is 165 Å². The summed E-state index contributed by atoms with van der Waals surface area (Å²) in [4.78, 5) is 35.2. The van der Waals surface area contributed by atoms with Crippen LogP contribution in [-0.2, 0) is 22.4 Å². The van der Waals surface area contributed by atoms with Gasteiger partial charge in [0.25, 0.3) is 0 Å². The highest BCUT2D eigenvalue weighted by Crippen LogP contribution is 2.35. The molecular weight excluding hydrogens is 360 g/mol. The number of hydrogen-bond donors (Lipinski definition) is 1. The van der Waals surface area contributed by atoms with Gasteiger partial charge in [0.15, 0.2) is 5.13 Å². The van der Waals surface area contributed by atoms with Crippen molar-refractivity contribution in [2.24, 2.45) is 11.8 Å². The summed E-state index contributed by atoms with van der Waals surface area (Å²) in [5.41, 5.74) is 1.18. The van der Waals surface area contributed by atoms with E-state index in [-0.39, 0.29) is 11.8 Å². The number of nitrogens with one attached hydrogen (secondary N) is 1. The van der Waals surface area contributed by atoms with Crippen molar-refractivity contribution in [3.05, 3.63) is 10.6 Å². The second-order valence-corrected chi connectivity index (χ2v) is 9.10. The molecule has 0 bridgehead atoms. The van der Waals surface area contributed by atoms with E-state index in [0.29, 0.717) is 11.8 Å². The van der Waals surface area contributed by atoms with E-state index >= 15 is 0 Å². The SMILES string of the molecule is CCCNC(=O)[C@H]1CCc2nc(N3CCN(C(=O)C4CCC4)CC3)sc2C1. The van der Waals surface area contributed by atoms with Crippen LogP contribution >= 0.6 is 11.3 Å². The topological polar surface area (TPSA) is 65.5 Å². The van der Waals surface area contributed by atoms with Crippen molar-refractivity contribution in [3.63, 3.8) is 0 Å². The Morgan fingerprint density at radius 2 is 1.93 bits per heavy atom. The summed E-state index contributed by atoms with van der Waals surface area (Å²) in [5, 5.41) is 4.11. The number of rotatable bonds is 5. The van der Waals surface area contributed by atoms with Gasteiger partial charge in [0.2, 0.25) is 11.8 Å². The molecule has 6 nitrogen and oxygen atoms in total. The van der Waals surface area contributed by atoms with E-state index in [1.165, 1.54) is 17.0 Å². The van der Waals surface area contributed by atoms with Crippen molar-refractivity contribution in [1.29, 1.82) is 0 Å². The smallest absolute Gasteiger partial charge is 0.225 e. The van der Waals surface area contributed by atoms with Crippen molar-refractivity contribution < 1.29 is 9.59 Å². The monoisotopic (exact) mass is 390 g/mol. The lowest BCUT2D eigenvalue weighted by atomic mass is 9.84. The van der Waals surface area contributed by atoms with Crippen LogP contribution < -0.4 is 10.2 Å². The minimum atomic E-state index is 0.0919. The van der Waals surface area contributed by atoms with Crippen LogP contribution in [0, 0.1) is 11.8 Å². The van der Waals surface area contributed by atoms with Crippen LogP contribution in [0.1, 0.15) is 49.6 Å². The lowest BCUT2D eigenvalue weighted by Crippen LogP contribution is -2.51. The van der Waals surface area contributed by atoms with Crippen LogP contribution in [0.4, 0.5) is 5.13 Å². The van der Waals surface area contributed by atoms with E-state index in [1.54, 1.807) is 11.3 Å². The molecule has 27 heavy (non-hydrogen) atoms. The predicted octanol–water partition coefficient (Wildman–Crippen LogP) is 2.22. The molecule has 2 fully saturated rings. The van der Waals surface area contributed by atoms with Gasteiger partial charge in [-0.2, -0.15) is 0 Å². The van der Waals surface area contributed by atoms with Gasteiger partial charge in [0, 0.05) is 49.4 Å². The van der Waals surface area contributed by atoms with Gasteiger partial charge in [-0.25, -0.2) is 4.98 Å². The molecule has 148 valence electrons. The molecule has 0 spiro atoms. The quantitative estimate of drug-likeness (QED) is 0.837. The first-order valence-corrected chi connectivity index (χ1v) is 11.3. The lowest BCUT2D eigenvalue weighted by molar-refractivity contribution is -0.138. The van der Waals surface area contributed by atoms with Gasteiger partial charge >= 0.3 is 0 Å². The molecule has 1 atom stereocenters. The Hall–Kier alpha value is -1.63. The first kappa shape index (κ1) is 18.7. The molecule has 1 saturated carbocycles. The maximum atomic E-state index is 12.4. The van der Waals surface area contributed by atoms with Gasteiger partial charge in [-0.1, -0.05) is 13.3 Å². The Morgan fingerprint density at radius 1 is 1.15 bits per heavy atom. The van der Waals surface area contributed by atoms with Crippen molar-refractivity contribution in [3.8, 4) is 0 Å². The number of hydrogen-bond acceptors (Lipinski definition) is 5. The van der Waals surface area contributed by atoms with Gasteiger partial charge in [-0.3, -0.25) is 9.59 Å². The molecule has 2 aliphatic carbocycles. The van der Waals surface area contributed by atoms with Crippen molar-refractivity contribution in [2.45, 2.75) is 51.9 Å². The normalized spacial score (nSPS) is 22.9. The molecule has 1 N–H and O–H groups in total. The van der Waals surface area contributed by atoms with Gasteiger partial charge < -0.3 is 15.1 Å². The maximum Gasteiger partial charge on any atom is 0.225 e. The molecule has 1 aliphatic heterocycles. The number of amides is 2. The number of carbonyl (C=O) groups excluding carboxylic acids is 2. The Morgan fingerprint density at radius 3 is 2.59 bits per heavy atom. The molecule has 7 heteroatoms. The van der Waals surface area contributed by atoms with Crippen molar-refractivity contribution in [1.82, 2.24) is 15.2 Å². The fourth-order valence-corrected chi connectivity index (χ4v) is 5.38. The molecule has 2 heterocycles. The number of piperazine rings is 1. The molecule has 1 saturated heterocycles. The zero-order valence-corrected chi connectivity index (χ0v) is 17.0. The average Bonchev–Trinajstić information content (AvgIpc) is 3.08. The standard InChI is InChI=1S/C20H30N4O2S/c1-2-8-21-18(25)15-6-7-16-17(13-15)27-20(22-16)24-11-9-23(10-12-24)19(26)14-4-3-5-14/h14-15H,2-13H2,1H3,(H,21,25)/t15-/m0/s1. The molecule has 0 aromatic carbocycles. The number of aromatic nitrogens is 1. The minimum absolute atomic E-state index is 0.0919. The summed E-state index contributed by atoms with van der Waals surface area (Å²) < 4.78 is 0. The third-order valence-electron chi connectivity index (χ3n) is 6.16. The summed E-state index contributed by atoms with van der Waals surface area (Å²) >= 11 is 1.75. The van der Waals surface area contributed by atoms with Crippen molar-refractivity contribution in [2.75, 3.05) is 37.6 Å². The third kappa shape index (κ3) is 3.98. The van der Waals surface area contributed by atoms with Crippen LogP contribution in [0.25, 0.3) is 0 Å². The zero-order chi connectivity index (χ0) is 18.8. The van der Waals surface area contributed by atoms with Crippen molar-refractivity contribution >= 4 is 28.3 Å². The molecule has 1 aromatic rings. The lowest BCUT2D eigenvalue weighted by Gasteiger charge is -2.38. The highest BCUT2D eigenvalue weighted by atomic mass is 32.1. The molecule has 3 aliphatic rings. The van der Waals surface area contributed by atoms with E-state index < -0.39 is 0 Å². The zero-order valence-electron chi connectivity index (χ0n) is 16.2. The van der Waals surface area contributed by atoms with Crippen LogP contribution in [0.5, 0.6) is 0 Å². The summed E-state index contributed by atoms with van der Waals surface area (Å²) in [5.74, 6) is 0.939. The van der Waals surface area contributed by atoms with Crippen LogP contribution in [0.2, 0.25) is 0 Å². The number of thiazole rings is 1. The van der Waals surface area contributed by atoms with E-state index in [9.17, 15) is 9.59 Å². The first-order valence-electron chi connectivity index (χ1n) is 10.5. The summed E-state index contributed by atoms with van der Waals surface area (Å²) in [6, 6.07) is 0. The summed E-state index contributed by atoms with van der Waals surface area (Å²) in [6.07, 6.45) is 6.95. The maximum absolute atomic E-state index is 12.4. The Bertz CT molecular complexity index is 692. The summed E-state index contributed by atoms with van der Waals surface area (Å²) in [7, 11) is 0. The number of aryl methyl sites for hydroxylation is 1.